The number of pyridine rings is 1. The molecular formula is C9H11NO4. The van der Waals surface area contributed by atoms with E-state index in [9.17, 15) is 4.79 Å². The molecule has 0 bridgehead atoms. The molecule has 0 aliphatic heterocycles. The normalized spacial score (nSPS) is 9.57. The minimum Gasteiger partial charge on any atom is -0.481 e. The number of nitrogens with zero attached hydrogens (tertiary/aromatic N) is 1. The Kier molecular flexibility index (Phi) is 3.28. The van der Waals surface area contributed by atoms with Crippen LogP contribution in [0.3, 0.4) is 0 Å². The van der Waals surface area contributed by atoms with Crippen LogP contribution >= 0.6 is 0 Å². The molecule has 0 amide bonds. The van der Waals surface area contributed by atoms with Crippen LogP contribution in [0.4, 0.5) is 0 Å². The second-order valence-corrected chi connectivity index (χ2v) is 2.68. The molecule has 1 N–H and O–H groups in total. The van der Waals surface area contributed by atoms with Crippen LogP contribution in [0, 0.1) is 6.92 Å². The minimum atomic E-state index is -1.02. The molecular weight excluding hydrogens is 186 g/mol. The van der Waals surface area contributed by atoms with Gasteiger partial charge in [-0.1, -0.05) is 0 Å². The Morgan fingerprint density at radius 1 is 1.64 bits per heavy atom. The summed E-state index contributed by atoms with van der Waals surface area (Å²) in [5.74, 6) is -0.0863. The molecule has 1 aromatic heterocycles. The average Bonchev–Trinajstić information content (AvgIpc) is 2.15. The first kappa shape index (κ1) is 10.3. The Morgan fingerprint density at radius 3 is 2.86 bits per heavy atom. The van der Waals surface area contributed by atoms with E-state index < -0.39 is 5.97 Å². The summed E-state index contributed by atoms with van der Waals surface area (Å²) < 4.78 is 9.87. The summed E-state index contributed by atoms with van der Waals surface area (Å²) in [6.45, 7) is 1.44. The van der Waals surface area contributed by atoms with E-state index >= 15 is 0 Å². The van der Waals surface area contributed by atoms with Gasteiger partial charge in [0, 0.05) is 5.56 Å². The maximum Gasteiger partial charge on any atom is 0.341 e. The van der Waals surface area contributed by atoms with Crippen molar-refractivity contribution in [1.29, 1.82) is 0 Å². The van der Waals surface area contributed by atoms with Crippen LogP contribution in [0.25, 0.3) is 0 Å². The molecule has 1 aromatic rings. The van der Waals surface area contributed by atoms with Crippen molar-refractivity contribution in [2.24, 2.45) is 0 Å². The van der Waals surface area contributed by atoms with E-state index in [1.54, 1.807) is 13.0 Å². The molecule has 0 aliphatic carbocycles. The zero-order chi connectivity index (χ0) is 10.6. The van der Waals surface area contributed by atoms with Crippen molar-refractivity contribution < 1.29 is 19.4 Å². The van der Waals surface area contributed by atoms with Crippen LogP contribution in [0.2, 0.25) is 0 Å². The zero-order valence-electron chi connectivity index (χ0n) is 7.98. The Morgan fingerprint density at radius 2 is 2.36 bits per heavy atom. The lowest BCUT2D eigenvalue weighted by molar-refractivity contribution is -0.139. The molecule has 0 unspecified atom stereocenters. The number of carboxylic acid groups (broad SMARTS) is 1. The summed E-state index contributed by atoms with van der Waals surface area (Å²) in [6, 6.07) is 1.68. The number of hydrogen-bond acceptors (Lipinski definition) is 4. The molecule has 0 atom stereocenters. The van der Waals surface area contributed by atoms with Gasteiger partial charge in [-0.3, -0.25) is 0 Å². The number of aromatic nitrogens is 1. The van der Waals surface area contributed by atoms with Crippen LogP contribution in [-0.4, -0.2) is 29.8 Å². The fourth-order valence-corrected chi connectivity index (χ4v) is 0.974. The molecule has 0 aliphatic rings. The van der Waals surface area contributed by atoms with Crippen LogP contribution in [0.15, 0.2) is 12.3 Å². The van der Waals surface area contributed by atoms with E-state index in [1.807, 2.05) is 0 Å². The first-order valence-electron chi connectivity index (χ1n) is 3.98. The fourth-order valence-electron chi connectivity index (χ4n) is 0.974. The summed E-state index contributed by atoms with van der Waals surface area (Å²) in [5, 5.41) is 8.37. The van der Waals surface area contributed by atoms with Gasteiger partial charge < -0.3 is 14.6 Å². The standard InChI is InChI=1S/C9H11NO4/c1-6-3-7(14-5-8(11)12)4-10-9(6)13-2/h3-4H,5H2,1-2H3,(H,11,12). The number of aryl methyl sites for hydroxylation is 1. The van der Waals surface area contributed by atoms with Gasteiger partial charge in [0.05, 0.1) is 13.3 Å². The highest BCUT2D eigenvalue weighted by Crippen LogP contribution is 2.19. The van der Waals surface area contributed by atoms with Gasteiger partial charge in [0.1, 0.15) is 5.75 Å². The second-order valence-electron chi connectivity index (χ2n) is 2.68. The van der Waals surface area contributed by atoms with Crippen LogP contribution in [0.5, 0.6) is 11.6 Å². The van der Waals surface area contributed by atoms with Gasteiger partial charge in [-0.05, 0) is 13.0 Å². The quantitative estimate of drug-likeness (QED) is 0.775. The molecule has 0 saturated carbocycles. The molecule has 1 heterocycles. The molecule has 1 rings (SSSR count). The van der Waals surface area contributed by atoms with Gasteiger partial charge in [0.2, 0.25) is 5.88 Å². The number of methoxy groups -OCH3 is 1. The molecule has 76 valence electrons. The Bertz CT molecular complexity index is 338. The topological polar surface area (TPSA) is 68.7 Å². The maximum atomic E-state index is 10.2. The first-order valence-corrected chi connectivity index (χ1v) is 3.98. The number of carboxylic acids is 1. The largest absolute Gasteiger partial charge is 0.481 e. The highest BCUT2D eigenvalue weighted by Gasteiger charge is 2.03. The lowest BCUT2D eigenvalue weighted by Gasteiger charge is -2.06. The molecule has 14 heavy (non-hydrogen) atoms. The van der Waals surface area contributed by atoms with E-state index in [-0.39, 0.29) is 6.61 Å². The Hall–Kier alpha value is -1.78. The summed E-state index contributed by atoms with van der Waals surface area (Å²) >= 11 is 0. The van der Waals surface area contributed by atoms with Crippen LogP contribution < -0.4 is 9.47 Å². The predicted octanol–water partition coefficient (Wildman–Crippen LogP) is 0.862. The van der Waals surface area contributed by atoms with Gasteiger partial charge >= 0.3 is 5.97 Å². The van der Waals surface area contributed by atoms with Crippen molar-refractivity contribution in [2.45, 2.75) is 6.92 Å². The van der Waals surface area contributed by atoms with Crippen molar-refractivity contribution in [3.05, 3.63) is 17.8 Å². The van der Waals surface area contributed by atoms with Gasteiger partial charge in [-0.2, -0.15) is 0 Å². The molecule has 0 fully saturated rings. The van der Waals surface area contributed by atoms with E-state index in [0.29, 0.717) is 11.6 Å². The third-order valence-electron chi connectivity index (χ3n) is 1.56. The van der Waals surface area contributed by atoms with Crippen molar-refractivity contribution in [3.63, 3.8) is 0 Å². The van der Waals surface area contributed by atoms with Gasteiger partial charge in [0.25, 0.3) is 0 Å². The molecule has 0 saturated heterocycles. The van der Waals surface area contributed by atoms with Crippen molar-refractivity contribution >= 4 is 5.97 Å². The monoisotopic (exact) mass is 197 g/mol. The first-order chi connectivity index (χ1) is 6.63. The fraction of sp³-hybridized carbons (Fsp3) is 0.333. The van der Waals surface area contributed by atoms with E-state index in [2.05, 4.69) is 4.98 Å². The van der Waals surface area contributed by atoms with Crippen LogP contribution in [0.1, 0.15) is 5.56 Å². The Labute approximate surface area is 81.3 Å². The lowest BCUT2D eigenvalue weighted by Crippen LogP contribution is -2.09. The van der Waals surface area contributed by atoms with Gasteiger partial charge in [0.15, 0.2) is 6.61 Å². The SMILES string of the molecule is COc1ncc(OCC(=O)O)cc1C. The third kappa shape index (κ3) is 2.62. The third-order valence-corrected chi connectivity index (χ3v) is 1.56. The number of rotatable bonds is 4. The summed E-state index contributed by atoms with van der Waals surface area (Å²) in [5.41, 5.74) is 0.801. The average molecular weight is 197 g/mol. The molecule has 0 aromatic carbocycles. The van der Waals surface area contributed by atoms with E-state index in [4.69, 9.17) is 14.6 Å². The zero-order valence-corrected chi connectivity index (χ0v) is 7.98. The summed E-state index contributed by atoms with van der Waals surface area (Å²) in [4.78, 5) is 14.1. The van der Waals surface area contributed by atoms with Crippen molar-refractivity contribution in [3.8, 4) is 11.6 Å². The minimum absolute atomic E-state index is 0.368. The smallest absolute Gasteiger partial charge is 0.341 e. The van der Waals surface area contributed by atoms with Gasteiger partial charge in [-0.15, -0.1) is 0 Å². The van der Waals surface area contributed by atoms with Crippen LogP contribution in [-0.2, 0) is 4.79 Å². The second kappa shape index (κ2) is 4.45. The van der Waals surface area contributed by atoms with E-state index in [0.717, 1.165) is 5.56 Å². The number of ether oxygens (including phenoxy) is 2. The highest BCUT2D eigenvalue weighted by atomic mass is 16.5. The summed E-state index contributed by atoms with van der Waals surface area (Å²) in [7, 11) is 1.52. The highest BCUT2D eigenvalue weighted by molar-refractivity contribution is 5.68. The number of carbonyl (C=O) groups is 1. The summed E-state index contributed by atoms with van der Waals surface area (Å²) in [6.07, 6.45) is 1.43. The Balaban J connectivity index is 2.71. The molecule has 0 spiro atoms. The van der Waals surface area contributed by atoms with Crippen molar-refractivity contribution in [1.82, 2.24) is 4.98 Å². The number of hydrogen-bond donors (Lipinski definition) is 1. The van der Waals surface area contributed by atoms with E-state index in [1.165, 1.54) is 13.3 Å². The van der Waals surface area contributed by atoms with Crippen molar-refractivity contribution in [2.75, 3.05) is 13.7 Å². The maximum absolute atomic E-state index is 10.2. The number of aliphatic carboxylic acids is 1. The molecule has 0 radical (unpaired) electrons. The predicted molar refractivity (Wildman–Crippen MR) is 48.7 cm³/mol. The molecule has 5 heteroatoms. The lowest BCUT2D eigenvalue weighted by atomic mass is 10.3. The van der Waals surface area contributed by atoms with Gasteiger partial charge in [-0.25, -0.2) is 9.78 Å². The molecule has 5 nitrogen and oxygen atoms in total.